The van der Waals surface area contributed by atoms with E-state index in [9.17, 15) is 9.90 Å². The van der Waals surface area contributed by atoms with Gasteiger partial charge in [-0.3, -0.25) is 9.78 Å². The molecule has 0 atom stereocenters. The molecule has 0 bridgehead atoms. The lowest BCUT2D eigenvalue weighted by molar-refractivity contribution is 0.104. The number of hydrogen-bond donors (Lipinski definition) is 2. The predicted octanol–water partition coefficient (Wildman–Crippen LogP) is 1.42. The minimum Gasteiger partial charge on any atom is -0.504 e. The number of nitrogens with zero attached hydrogens (tertiary/aromatic N) is 5. The molecule has 110 valence electrons. The van der Waals surface area contributed by atoms with Crippen molar-refractivity contribution in [2.45, 2.75) is 6.42 Å². The second kappa shape index (κ2) is 6.22. The number of thiazole rings is 1. The Morgan fingerprint density at radius 1 is 1.36 bits per heavy atom. The minimum absolute atomic E-state index is 0.0429. The Morgan fingerprint density at radius 3 is 3.00 bits per heavy atom. The van der Waals surface area contributed by atoms with Crippen molar-refractivity contribution in [2.75, 3.05) is 0 Å². The van der Waals surface area contributed by atoms with Crippen LogP contribution in [0.15, 0.2) is 35.9 Å². The number of carbonyl (C=O) groups excluding carboxylic acids is 1. The molecule has 3 rings (SSSR count). The van der Waals surface area contributed by atoms with E-state index in [0.717, 1.165) is 17.5 Å². The van der Waals surface area contributed by atoms with Gasteiger partial charge in [0.15, 0.2) is 10.8 Å². The number of carbonyl (C=O) groups is 1. The van der Waals surface area contributed by atoms with E-state index < -0.39 is 5.78 Å². The van der Waals surface area contributed by atoms with Gasteiger partial charge in [-0.1, -0.05) is 6.07 Å². The van der Waals surface area contributed by atoms with Gasteiger partial charge in [-0.05, 0) is 17.3 Å². The maximum Gasteiger partial charge on any atom is 0.239 e. The summed E-state index contributed by atoms with van der Waals surface area (Å²) in [5.74, 6) is -0.821. The molecule has 3 aromatic heterocycles. The predicted molar refractivity (Wildman–Crippen MR) is 78.3 cm³/mol. The first-order chi connectivity index (χ1) is 10.7. The molecular formula is C13H10N6O2S. The fraction of sp³-hybridized carbons (Fsp3) is 0.0769. The molecule has 9 heteroatoms. The third-order valence-electron chi connectivity index (χ3n) is 2.69. The van der Waals surface area contributed by atoms with Crippen LogP contribution in [0.2, 0.25) is 0 Å². The molecule has 22 heavy (non-hydrogen) atoms. The van der Waals surface area contributed by atoms with Crippen LogP contribution in [0.3, 0.4) is 0 Å². The highest BCUT2D eigenvalue weighted by Gasteiger charge is 2.13. The monoisotopic (exact) mass is 314 g/mol. The molecule has 0 radical (unpaired) electrons. The average molecular weight is 314 g/mol. The summed E-state index contributed by atoms with van der Waals surface area (Å²) in [6.07, 6.45) is 3.28. The van der Waals surface area contributed by atoms with Crippen molar-refractivity contribution >= 4 is 22.9 Å². The maximum absolute atomic E-state index is 12.0. The highest BCUT2D eigenvalue weighted by molar-refractivity contribution is 7.11. The van der Waals surface area contributed by atoms with E-state index in [4.69, 9.17) is 0 Å². The third-order valence-corrected chi connectivity index (χ3v) is 3.60. The van der Waals surface area contributed by atoms with E-state index >= 15 is 0 Å². The van der Waals surface area contributed by atoms with Crippen LogP contribution in [0.25, 0.3) is 5.76 Å². The molecule has 0 aliphatic carbocycles. The van der Waals surface area contributed by atoms with Crippen LogP contribution in [0.5, 0.6) is 0 Å². The molecule has 0 spiro atoms. The molecular weight excluding hydrogens is 304 g/mol. The van der Waals surface area contributed by atoms with Gasteiger partial charge in [0.05, 0.1) is 5.69 Å². The van der Waals surface area contributed by atoms with Crippen LogP contribution in [0, 0.1) is 0 Å². The van der Waals surface area contributed by atoms with E-state index in [1.807, 2.05) is 18.2 Å². The van der Waals surface area contributed by atoms with Crippen molar-refractivity contribution in [1.82, 2.24) is 30.6 Å². The van der Waals surface area contributed by atoms with Gasteiger partial charge in [-0.25, -0.2) is 4.98 Å². The number of hydrogen-bond acceptors (Lipinski definition) is 8. The quantitative estimate of drug-likeness (QED) is 0.415. The summed E-state index contributed by atoms with van der Waals surface area (Å²) in [7, 11) is 0. The lowest BCUT2D eigenvalue weighted by atomic mass is 10.2. The normalized spacial score (nSPS) is 11.5. The Bertz CT molecular complexity index is 797. The molecule has 0 aromatic carbocycles. The van der Waals surface area contributed by atoms with E-state index in [1.54, 1.807) is 11.6 Å². The molecule has 3 aromatic rings. The van der Waals surface area contributed by atoms with Crippen LogP contribution >= 0.6 is 11.3 Å². The topological polar surface area (TPSA) is 118 Å². The van der Waals surface area contributed by atoms with Crippen molar-refractivity contribution in [3.8, 4) is 0 Å². The zero-order chi connectivity index (χ0) is 15.4. The largest absolute Gasteiger partial charge is 0.504 e. The first kappa shape index (κ1) is 14.0. The van der Waals surface area contributed by atoms with Gasteiger partial charge >= 0.3 is 0 Å². The van der Waals surface area contributed by atoms with Gasteiger partial charge in [-0.15, -0.1) is 21.5 Å². The Balaban J connectivity index is 1.73. The number of H-pyrrole nitrogens is 1. The van der Waals surface area contributed by atoms with Crippen molar-refractivity contribution in [3.63, 3.8) is 0 Å². The van der Waals surface area contributed by atoms with Crippen LogP contribution in [0.4, 0.5) is 0 Å². The molecule has 0 aliphatic heterocycles. The number of ketones is 1. The molecule has 0 saturated carbocycles. The molecule has 0 amide bonds. The summed E-state index contributed by atoms with van der Waals surface area (Å²) in [6, 6.07) is 5.63. The Morgan fingerprint density at radius 2 is 2.27 bits per heavy atom. The summed E-state index contributed by atoms with van der Waals surface area (Å²) in [5.41, 5.74) is 1.62. The number of aromatic nitrogens is 6. The maximum atomic E-state index is 12.0. The summed E-state index contributed by atoms with van der Waals surface area (Å²) in [4.78, 5) is 20.5. The summed E-state index contributed by atoms with van der Waals surface area (Å²) >= 11 is 1.21. The second-order valence-electron chi connectivity index (χ2n) is 4.27. The molecule has 0 unspecified atom stereocenters. The van der Waals surface area contributed by atoms with Crippen LogP contribution in [-0.4, -0.2) is 41.5 Å². The summed E-state index contributed by atoms with van der Waals surface area (Å²) < 4.78 is 0. The van der Waals surface area contributed by atoms with Gasteiger partial charge in [-0.2, -0.15) is 5.21 Å². The molecule has 0 saturated heterocycles. The minimum atomic E-state index is -0.417. The third kappa shape index (κ3) is 3.20. The summed E-state index contributed by atoms with van der Waals surface area (Å²) in [5, 5.41) is 24.4. The first-order valence-electron chi connectivity index (χ1n) is 6.25. The van der Waals surface area contributed by atoms with Crippen molar-refractivity contribution in [1.29, 1.82) is 0 Å². The van der Waals surface area contributed by atoms with Crippen LogP contribution < -0.4 is 0 Å². The molecule has 0 fully saturated rings. The first-order valence-corrected chi connectivity index (χ1v) is 7.13. The number of tetrazole rings is 1. The Kier molecular flexibility index (Phi) is 3.97. The van der Waals surface area contributed by atoms with Crippen molar-refractivity contribution < 1.29 is 9.90 Å². The van der Waals surface area contributed by atoms with E-state index in [2.05, 4.69) is 30.6 Å². The SMILES string of the molecule is O=C(C=C(O)c1nn[nH]n1)c1nc(Cc2ccccn2)cs1. The number of aliphatic hydroxyl groups excluding tert-OH is 1. The number of aliphatic hydroxyl groups is 1. The average Bonchev–Trinajstić information content (AvgIpc) is 3.19. The standard InChI is InChI=1S/C13H10N6O2S/c20-10(12-16-18-19-17-12)6-11(21)13-15-9(7-22-13)5-8-3-1-2-4-14-8/h1-4,6-7,20H,5H2,(H,16,17,18,19). The number of rotatable bonds is 5. The highest BCUT2D eigenvalue weighted by atomic mass is 32.1. The fourth-order valence-corrected chi connectivity index (χ4v) is 2.44. The Hall–Kier alpha value is -2.94. The second-order valence-corrected chi connectivity index (χ2v) is 5.13. The van der Waals surface area contributed by atoms with Gasteiger partial charge in [0.25, 0.3) is 0 Å². The number of nitrogens with one attached hydrogen (secondary N) is 1. The summed E-state index contributed by atoms with van der Waals surface area (Å²) in [6.45, 7) is 0. The van der Waals surface area contributed by atoms with Gasteiger partial charge in [0.1, 0.15) is 0 Å². The molecule has 3 heterocycles. The van der Waals surface area contributed by atoms with Gasteiger partial charge < -0.3 is 5.11 Å². The molecule has 2 N–H and O–H groups in total. The lowest BCUT2D eigenvalue weighted by Crippen LogP contribution is -1.98. The lowest BCUT2D eigenvalue weighted by Gasteiger charge is -1.95. The van der Waals surface area contributed by atoms with E-state index in [1.165, 1.54) is 11.3 Å². The number of aromatic amines is 1. The molecule has 0 aliphatic rings. The van der Waals surface area contributed by atoms with Crippen molar-refractivity contribution in [3.05, 3.63) is 58.1 Å². The fourth-order valence-electron chi connectivity index (χ4n) is 1.71. The highest BCUT2D eigenvalue weighted by Crippen LogP contribution is 2.15. The van der Waals surface area contributed by atoms with Gasteiger partial charge in [0.2, 0.25) is 11.6 Å². The van der Waals surface area contributed by atoms with Gasteiger partial charge in [0, 0.05) is 29.8 Å². The molecule has 8 nitrogen and oxygen atoms in total. The van der Waals surface area contributed by atoms with Crippen LogP contribution in [-0.2, 0) is 6.42 Å². The zero-order valence-electron chi connectivity index (χ0n) is 11.2. The van der Waals surface area contributed by atoms with Crippen LogP contribution in [0.1, 0.15) is 27.0 Å². The number of pyridine rings is 1. The Labute approximate surface area is 128 Å². The van der Waals surface area contributed by atoms with E-state index in [0.29, 0.717) is 6.42 Å². The zero-order valence-corrected chi connectivity index (χ0v) is 12.0. The van der Waals surface area contributed by atoms with Crippen molar-refractivity contribution in [2.24, 2.45) is 0 Å². The smallest absolute Gasteiger partial charge is 0.239 e. The number of allylic oxidation sites excluding steroid dienone is 1. The van der Waals surface area contributed by atoms with E-state index in [-0.39, 0.29) is 16.6 Å².